The number of aliphatic carboxylic acids is 1. The monoisotopic (exact) mass is 320 g/mol. The lowest BCUT2D eigenvalue weighted by molar-refractivity contribution is -0.131. The van der Waals surface area contributed by atoms with Crippen LogP contribution in [0.3, 0.4) is 0 Å². The topological polar surface area (TPSA) is 76.0 Å². The van der Waals surface area contributed by atoms with Crippen LogP contribution in [0.5, 0.6) is 17.2 Å². The van der Waals surface area contributed by atoms with Gasteiger partial charge in [0, 0.05) is 29.2 Å². The molecule has 0 aromatic heterocycles. The quantitative estimate of drug-likeness (QED) is 0.592. The highest BCUT2D eigenvalue weighted by molar-refractivity contribution is 5.80. The number of hydrogen-bond acceptors (Lipinski definition) is 4. The average molecular weight is 320 g/mol. The largest absolute Gasteiger partial charge is 0.504 e. The van der Waals surface area contributed by atoms with Gasteiger partial charge >= 0.3 is 5.97 Å². The van der Waals surface area contributed by atoms with E-state index in [0.717, 1.165) is 36.5 Å². The summed E-state index contributed by atoms with van der Waals surface area (Å²) in [4.78, 5) is 10.8. The van der Waals surface area contributed by atoms with Crippen molar-refractivity contribution >= 4 is 5.97 Å². The van der Waals surface area contributed by atoms with Gasteiger partial charge in [-0.2, -0.15) is 0 Å². The van der Waals surface area contributed by atoms with E-state index < -0.39 is 5.97 Å². The molecule has 1 heterocycles. The molecule has 1 aromatic rings. The summed E-state index contributed by atoms with van der Waals surface area (Å²) in [6, 6.07) is 1.68. The predicted molar refractivity (Wildman–Crippen MR) is 87.5 cm³/mol. The van der Waals surface area contributed by atoms with E-state index in [9.17, 15) is 9.90 Å². The normalized spacial score (nSPS) is 19.6. The lowest BCUT2D eigenvalue weighted by Crippen LogP contribution is -2.13. The first-order valence-electron chi connectivity index (χ1n) is 8.00. The zero-order valence-corrected chi connectivity index (χ0v) is 13.8. The fourth-order valence-corrected chi connectivity index (χ4v) is 3.06. The van der Waals surface area contributed by atoms with E-state index in [1.165, 1.54) is 7.11 Å². The fourth-order valence-electron chi connectivity index (χ4n) is 3.06. The number of hydrogen-bond donors (Lipinski definition) is 2. The van der Waals surface area contributed by atoms with Gasteiger partial charge in [0.25, 0.3) is 0 Å². The van der Waals surface area contributed by atoms with Gasteiger partial charge in [-0.15, -0.1) is 0 Å². The summed E-state index contributed by atoms with van der Waals surface area (Å²) in [5.41, 5.74) is 1.68. The number of phenols is 1. The molecule has 0 radical (unpaired) electrons. The zero-order chi connectivity index (χ0) is 17.0. The smallest absolute Gasteiger partial charge is 0.328 e. The minimum atomic E-state index is -0.990. The molecule has 0 saturated carbocycles. The molecule has 0 fully saturated rings. The minimum Gasteiger partial charge on any atom is -0.504 e. The maximum atomic E-state index is 10.8. The van der Waals surface area contributed by atoms with Crippen molar-refractivity contribution in [3.8, 4) is 17.2 Å². The number of carboxylic acids is 1. The Bertz CT molecular complexity index is 606. The second-order valence-corrected chi connectivity index (χ2v) is 5.82. The number of fused-ring (bicyclic) bond motifs is 1. The molecule has 2 N–H and O–H groups in total. The van der Waals surface area contributed by atoms with Crippen molar-refractivity contribution in [1.82, 2.24) is 0 Å². The number of rotatable bonds is 7. The highest BCUT2D eigenvalue weighted by Crippen LogP contribution is 2.48. The molecule has 0 saturated heterocycles. The molecule has 0 amide bonds. The molecule has 1 aromatic carbocycles. The Morgan fingerprint density at radius 3 is 2.78 bits per heavy atom. The summed E-state index contributed by atoms with van der Waals surface area (Å²) in [6.45, 7) is 4.02. The van der Waals surface area contributed by atoms with Gasteiger partial charge in [0.1, 0.15) is 11.9 Å². The summed E-state index contributed by atoms with van der Waals surface area (Å²) in [5, 5.41) is 19.4. The van der Waals surface area contributed by atoms with E-state index in [2.05, 4.69) is 6.92 Å². The van der Waals surface area contributed by atoms with Crippen molar-refractivity contribution in [3.63, 3.8) is 0 Å². The SMILES string of the molecule is CCCCCc1c(O)c(OC)cc2c1[C@H](C=CC(=O)O)[C@H](C)O2. The van der Waals surface area contributed by atoms with Gasteiger partial charge < -0.3 is 19.7 Å². The van der Waals surface area contributed by atoms with Gasteiger partial charge in [0.05, 0.1) is 7.11 Å². The number of carboxylic acid groups (broad SMARTS) is 1. The van der Waals surface area contributed by atoms with Gasteiger partial charge in [0.15, 0.2) is 11.5 Å². The number of unbranched alkanes of at least 4 members (excludes halogenated alkanes) is 2. The molecule has 126 valence electrons. The number of methoxy groups -OCH3 is 1. The molecule has 5 heteroatoms. The van der Waals surface area contributed by atoms with Crippen LogP contribution >= 0.6 is 0 Å². The first-order valence-corrected chi connectivity index (χ1v) is 8.00. The van der Waals surface area contributed by atoms with Crippen LogP contribution in [0.4, 0.5) is 0 Å². The van der Waals surface area contributed by atoms with Crippen molar-refractivity contribution < 1.29 is 24.5 Å². The average Bonchev–Trinajstić information content (AvgIpc) is 2.82. The maximum Gasteiger partial charge on any atom is 0.328 e. The number of ether oxygens (including phenoxy) is 2. The predicted octanol–water partition coefficient (Wildman–Crippen LogP) is 3.64. The summed E-state index contributed by atoms with van der Waals surface area (Å²) in [7, 11) is 1.51. The maximum absolute atomic E-state index is 10.8. The lowest BCUT2D eigenvalue weighted by Gasteiger charge is -2.16. The Balaban J connectivity index is 2.47. The standard InChI is InChI=1S/C18H24O5/c1-4-5-6-7-13-17-12(8-9-16(19)20)11(2)23-14(17)10-15(22-3)18(13)21/h8-12,21H,4-7H2,1-3H3,(H,19,20)/t11-,12+/m0/s1. The Morgan fingerprint density at radius 2 is 2.17 bits per heavy atom. The second kappa shape index (κ2) is 7.40. The van der Waals surface area contributed by atoms with E-state index in [0.29, 0.717) is 17.9 Å². The molecule has 0 bridgehead atoms. The number of benzene rings is 1. The molecule has 5 nitrogen and oxygen atoms in total. The van der Waals surface area contributed by atoms with Gasteiger partial charge in [-0.05, 0) is 19.8 Å². The van der Waals surface area contributed by atoms with Crippen LogP contribution in [0, 0.1) is 0 Å². The molecule has 1 aliphatic heterocycles. The Hall–Kier alpha value is -2.17. The number of carbonyl (C=O) groups is 1. The van der Waals surface area contributed by atoms with E-state index in [4.69, 9.17) is 14.6 Å². The van der Waals surface area contributed by atoms with E-state index in [-0.39, 0.29) is 17.8 Å². The third-order valence-corrected chi connectivity index (χ3v) is 4.22. The van der Waals surface area contributed by atoms with Crippen LogP contribution in [-0.4, -0.2) is 29.4 Å². The molecular formula is C18H24O5. The van der Waals surface area contributed by atoms with Crippen LogP contribution in [0.2, 0.25) is 0 Å². The van der Waals surface area contributed by atoms with Gasteiger partial charge in [-0.1, -0.05) is 25.8 Å². The van der Waals surface area contributed by atoms with E-state index in [1.807, 2.05) is 6.92 Å². The van der Waals surface area contributed by atoms with Crippen LogP contribution in [-0.2, 0) is 11.2 Å². The van der Waals surface area contributed by atoms with Crippen molar-refractivity contribution in [1.29, 1.82) is 0 Å². The van der Waals surface area contributed by atoms with E-state index in [1.54, 1.807) is 12.1 Å². The van der Waals surface area contributed by atoms with Gasteiger partial charge in [-0.3, -0.25) is 0 Å². The van der Waals surface area contributed by atoms with Crippen molar-refractivity contribution in [3.05, 3.63) is 29.3 Å². The van der Waals surface area contributed by atoms with Crippen molar-refractivity contribution in [2.24, 2.45) is 0 Å². The molecule has 0 unspecified atom stereocenters. The van der Waals surface area contributed by atoms with E-state index >= 15 is 0 Å². The van der Waals surface area contributed by atoms with Crippen LogP contribution in [0.1, 0.15) is 50.2 Å². The second-order valence-electron chi connectivity index (χ2n) is 5.82. The Morgan fingerprint density at radius 1 is 1.43 bits per heavy atom. The summed E-state index contributed by atoms with van der Waals surface area (Å²) >= 11 is 0. The third-order valence-electron chi connectivity index (χ3n) is 4.22. The highest BCUT2D eigenvalue weighted by Gasteiger charge is 2.34. The Kier molecular flexibility index (Phi) is 5.53. The van der Waals surface area contributed by atoms with Gasteiger partial charge in [-0.25, -0.2) is 4.79 Å². The third kappa shape index (κ3) is 3.60. The molecular weight excluding hydrogens is 296 g/mol. The minimum absolute atomic E-state index is 0.133. The van der Waals surface area contributed by atoms with Crippen molar-refractivity contribution in [2.75, 3.05) is 7.11 Å². The van der Waals surface area contributed by atoms with Crippen molar-refractivity contribution in [2.45, 2.75) is 51.6 Å². The van der Waals surface area contributed by atoms with Crippen LogP contribution < -0.4 is 9.47 Å². The highest BCUT2D eigenvalue weighted by atomic mass is 16.5. The molecule has 0 aliphatic carbocycles. The zero-order valence-electron chi connectivity index (χ0n) is 13.8. The lowest BCUT2D eigenvalue weighted by atomic mass is 9.88. The van der Waals surface area contributed by atoms with Gasteiger partial charge in [0.2, 0.25) is 0 Å². The molecule has 1 aliphatic rings. The summed E-state index contributed by atoms with van der Waals surface area (Å²) in [5.74, 6) is 0.0169. The van der Waals surface area contributed by atoms with Crippen LogP contribution in [0.25, 0.3) is 0 Å². The summed E-state index contributed by atoms with van der Waals surface area (Å²) in [6.07, 6.45) is 6.40. The Labute approximate surface area is 136 Å². The molecule has 23 heavy (non-hydrogen) atoms. The first kappa shape index (κ1) is 17.2. The molecule has 2 atom stereocenters. The fraction of sp³-hybridized carbons (Fsp3) is 0.500. The summed E-state index contributed by atoms with van der Waals surface area (Å²) < 4.78 is 11.1. The number of aromatic hydroxyl groups is 1. The molecule has 2 rings (SSSR count). The molecule has 0 spiro atoms. The van der Waals surface area contributed by atoms with Crippen LogP contribution in [0.15, 0.2) is 18.2 Å². The number of phenolic OH excluding ortho intramolecular Hbond substituents is 1. The first-order chi connectivity index (χ1) is 11.0.